The Bertz CT molecular complexity index is 258. The average molecular weight is 280 g/mol. The SMILES string of the molecule is O=C1CCC(NC2CCCCCCCCCCC2)CN1. The van der Waals surface area contributed by atoms with Gasteiger partial charge in [-0.15, -0.1) is 0 Å². The van der Waals surface area contributed by atoms with Crippen LogP contribution in [0.25, 0.3) is 0 Å². The van der Waals surface area contributed by atoms with Gasteiger partial charge in [-0.25, -0.2) is 0 Å². The van der Waals surface area contributed by atoms with Crippen LogP contribution in [0.1, 0.15) is 83.5 Å². The summed E-state index contributed by atoms with van der Waals surface area (Å²) in [7, 11) is 0. The predicted molar refractivity (Wildman–Crippen MR) is 83.7 cm³/mol. The van der Waals surface area contributed by atoms with E-state index in [1.165, 1.54) is 70.6 Å². The maximum absolute atomic E-state index is 11.2. The van der Waals surface area contributed by atoms with Crippen LogP contribution in [-0.4, -0.2) is 24.5 Å². The van der Waals surface area contributed by atoms with Gasteiger partial charge in [-0.2, -0.15) is 0 Å². The lowest BCUT2D eigenvalue weighted by Crippen LogP contribution is -2.49. The molecule has 1 saturated carbocycles. The van der Waals surface area contributed by atoms with E-state index in [2.05, 4.69) is 10.6 Å². The molecule has 1 saturated heterocycles. The van der Waals surface area contributed by atoms with Gasteiger partial charge in [0.1, 0.15) is 0 Å². The molecule has 0 radical (unpaired) electrons. The van der Waals surface area contributed by atoms with Crippen LogP contribution < -0.4 is 10.6 Å². The Balaban J connectivity index is 1.72. The van der Waals surface area contributed by atoms with Crippen LogP contribution in [0.3, 0.4) is 0 Å². The fourth-order valence-electron chi connectivity index (χ4n) is 3.54. The molecule has 2 rings (SSSR count). The van der Waals surface area contributed by atoms with E-state index < -0.39 is 0 Å². The third-order valence-electron chi connectivity index (χ3n) is 4.84. The molecule has 0 spiro atoms. The quantitative estimate of drug-likeness (QED) is 0.812. The largest absolute Gasteiger partial charge is 0.355 e. The van der Waals surface area contributed by atoms with E-state index in [4.69, 9.17) is 0 Å². The molecule has 1 aliphatic heterocycles. The Hall–Kier alpha value is -0.570. The average Bonchev–Trinajstić information content (AvgIpc) is 2.44. The lowest BCUT2D eigenvalue weighted by Gasteiger charge is -2.29. The predicted octanol–water partition coefficient (Wildman–Crippen LogP) is 3.53. The molecule has 1 amide bonds. The fraction of sp³-hybridized carbons (Fsp3) is 0.941. The van der Waals surface area contributed by atoms with Crippen molar-refractivity contribution in [2.75, 3.05) is 6.54 Å². The van der Waals surface area contributed by atoms with Crippen LogP contribution in [0, 0.1) is 0 Å². The molecule has 0 bridgehead atoms. The van der Waals surface area contributed by atoms with Gasteiger partial charge in [0, 0.05) is 25.0 Å². The van der Waals surface area contributed by atoms with Crippen molar-refractivity contribution in [3.05, 3.63) is 0 Å². The van der Waals surface area contributed by atoms with Gasteiger partial charge in [-0.3, -0.25) is 4.79 Å². The molecule has 1 aliphatic carbocycles. The second-order valence-corrected chi connectivity index (χ2v) is 6.66. The normalized spacial score (nSPS) is 28.2. The number of hydrogen-bond acceptors (Lipinski definition) is 2. The molecular weight excluding hydrogens is 248 g/mol. The van der Waals surface area contributed by atoms with E-state index in [0.717, 1.165) is 13.0 Å². The minimum Gasteiger partial charge on any atom is -0.355 e. The van der Waals surface area contributed by atoms with Gasteiger partial charge in [0.15, 0.2) is 0 Å². The molecule has 3 nitrogen and oxygen atoms in total. The van der Waals surface area contributed by atoms with Gasteiger partial charge >= 0.3 is 0 Å². The molecule has 2 aliphatic rings. The molecule has 0 aromatic rings. The first-order chi connectivity index (χ1) is 9.84. The number of piperidine rings is 1. The molecule has 1 atom stereocenters. The Morgan fingerprint density at radius 2 is 1.30 bits per heavy atom. The van der Waals surface area contributed by atoms with Gasteiger partial charge in [-0.1, -0.05) is 57.8 Å². The molecular formula is C17H32N2O. The van der Waals surface area contributed by atoms with Gasteiger partial charge in [0.2, 0.25) is 5.91 Å². The highest BCUT2D eigenvalue weighted by molar-refractivity contribution is 5.76. The van der Waals surface area contributed by atoms with Crippen molar-refractivity contribution in [3.63, 3.8) is 0 Å². The number of carbonyl (C=O) groups is 1. The first kappa shape index (κ1) is 15.8. The Kier molecular flexibility index (Phi) is 7.42. The summed E-state index contributed by atoms with van der Waals surface area (Å²) in [4.78, 5) is 11.2. The second kappa shape index (κ2) is 9.38. The topological polar surface area (TPSA) is 41.1 Å². The van der Waals surface area contributed by atoms with Crippen molar-refractivity contribution in [2.24, 2.45) is 0 Å². The zero-order valence-corrected chi connectivity index (χ0v) is 13.0. The highest BCUT2D eigenvalue weighted by atomic mass is 16.1. The van der Waals surface area contributed by atoms with E-state index in [1.54, 1.807) is 0 Å². The van der Waals surface area contributed by atoms with E-state index >= 15 is 0 Å². The van der Waals surface area contributed by atoms with Crippen LogP contribution in [0.4, 0.5) is 0 Å². The summed E-state index contributed by atoms with van der Waals surface area (Å²) in [5.41, 5.74) is 0. The van der Waals surface area contributed by atoms with Gasteiger partial charge < -0.3 is 10.6 Å². The van der Waals surface area contributed by atoms with Gasteiger partial charge in [0.05, 0.1) is 0 Å². The van der Waals surface area contributed by atoms with Crippen LogP contribution in [0.15, 0.2) is 0 Å². The highest BCUT2D eigenvalue weighted by Crippen LogP contribution is 2.18. The fourth-order valence-corrected chi connectivity index (χ4v) is 3.54. The molecule has 3 heteroatoms. The second-order valence-electron chi connectivity index (χ2n) is 6.66. The Labute approximate surface area is 124 Å². The lowest BCUT2D eigenvalue weighted by molar-refractivity contribution is -0.122. The first-order valence-electron chi connectivity index (χ1n) is 8.87. The summed E-state index contributed by atoms with van der Waals surface area (Å²) in [5.74, 6) is 0.224. The van der Waals surface area contributed by atoms with Crippen molar-refractivity contribution in [2.45, 2.75) is 95.6 Å². The maximum Gasteiger partial charge on any atom is 0.220 e. The summed E-state index contributed by atoms with van der Waals surface area (Å²) in [5, 5.41) is 6.80. The number of nitrogens with one attached hydrogen (secondary N) is 2. The third-order valence-corrected chi connectivity index (χ3v) is 4.84. The highest BCUT2D eigenvalue weighted by Gasteiger charge is 2.20. The molecule has 20 heavy (non-hydrogen) atoms. The van der Waals surface area contributed by atoms with E-state index in [-0.39, 0.29) is 5.91 Å². The van der Waals surface area contributed by atoms with Crippen LogP contribution in [0.2, 0.25) is 0 Å². The van der Waals surface area contributed by atoms with Crippen molar-refractivity contribution in [1.82, 2.24) is 10.6 Å². The van der Waals surface area contributed by atoms with Crippen molar-refractivity contribution < 1.29 is 4.79 Å². The summed E-state index contributed by atoms with van der Waals surface area (Å²) in [6.07, 6.45) is 17.1. The zero-order chi connectivity index (χ0) is 14.0. The molecule has 116 valence electrons. The summed E-state index contributed by atoms with van der Waals surface area (Å²) < 4.78 is 0. The minimum absolute atomic E-state index is 0.224. The molecule has 2 fully saturated rings. The Morgan fingerprint density at radius 1 is 0.750 bits per heavy atom. The standard InChI is InChI=1S/C17H32N2O/c20-17-13-12-16(14-18-17)19-15-10-8-6-4-2-1-3-5-7-9-11-15/h15-16,19H,1-14H2,(H,18,20). The lowest BCUT2D eigenvalue weighted by atomic mass is 9.96. The molecule has 1 unspecified atom stereocenters. The minimum atomic E-state index is 0.224. The number of hydrogen-bond donors (Lipinski definition) is 2. The van der Waals surface area contributed by atoms with Crippen LogP contribution in [-0.2, 0) is 4.79 Å². The van der Waals surface area contributed by atoms with E-state index in [0.29, 0.717) is 18.5 Å². The zero-order valence-electron chi connectivity index (χ0n) is 13.0. The number of carbonyl (C=O) groups excluding carboxylic acids is 1. The van der Waals surface area contributed by atoms with Crippen molar-refractivity contribution in [1.29, 1.82) is 0 Å². The van der Waals surface area contributed by atoms with Crippen molar-refractivity contribution >= 4 is 5.91 Å². The van der Waals surface area contributed by atoms with E-state index in [1.807, 2.05) is 0 Å². The molecule has 2 N–H and O–H groups in total. The maximum atomic E-state index is 11.2. The summed E-state index contributed by atoms with van der Waals surface area (Å²) in [6, 6.07) is 1.18. The monoisotopic (exact) mass is 280 g/mol. The smallest absolute Gasteiger partial charge is 0.220 e. The first-order valence-corrected chi connectivity index (χ1v) is 8.87. The Morgan fingerprint density at radius 3 is 1.80 bits per heavy atom. The number of amides is 1. The molecule has 1 heterocycles. The van der Waals surface area contributed by atoms with Crippen LogP contribution >= 0.6 is 0 Å². The summed E-state index contributed by atoms with van der Waals surface area (Å²) >= 11 is 0. The van der Waals surface area contributed by atoms with E-state index in [9.17, 15) is 4.79 Å². The summed E-state index contributed by atoms with van der Waals surface area (Å²) in [6.45, 7) is 0.829. The molecule has 0 aromatic carbocycles. The van der Waals surface area contributed by atoms with Gasteiger partial charge in [-0.05, 0) is 19.3 Å². The molecule has 0 aromatic heterocycles. The third kappa shape index (κ3) is 6.25. The van der Waals surface area contributed by atoms with Crippen molar-refractivity contribution in [3.8, 4) is 0 Å². The van der Waals surface area contributed by atoms with Crippen LogP contribution in [0.5, 0.6) is 0 Å². The number of rotatable bonds is 2. The van der Waals surface area contributed by atoms with Gasteiger partial charge in [0.25, 0.3) is 0 Å².